The zero-order chi connectivity index (χ0) is 9.84. The standard InChI is InChI=1S/C7H7NO3S2/c9-5-4-13-7(12)8(5)3-1-2-6(10)11/h1-2H,3-4H2,(H,10,11). The van der Waals surface area contributed by atoms with E-state index in [1.165, 1.54) is 22.7 Å². The molecule has 6 heteroatoms. The number of carboxylic acid groups (broad SMARTS) is 1. The lowest BCUT2D eigenvalue weighted by atomic mass is 10.4. The Bertz CT molecular complexity index is 271. The molecule has 1 aliphatic heterocycles. The first-order chi connectivity index (χ1) is 6.11. The number of hydrogen-bond acceptors (Lipinski definition) is 4. The summed E-state index contributed by atoms with van der Waals surface area (Å²) < 4.78 is 0.514. The molecule has 0 aromatic carbocycles. The summed E-state index contributed by atoms with van der Waals surface area (Å²) in [4.78, 5) is 22.6. The normalized spacial score (nSPS) is 17.4. The Morgan fingerprint density at radius 3 is 2.92 bits per heavy atom. The Hall–Kier alpha value is -0.880. The molecule has 0 unspecified atom stereocenters. The van der Waals surface area contributed by atoms with Crippen LogP contribution in [-0.4, -0.2) is 38.5 Å². The molecule has 0 aromatic rings. The summed E-state index contributed by atoms with van der Waals surface area (Å²) >= 11 is 6.18. The van der Waals surface area contributed by atoms with Crippen LogP contribution in [0.1, 0.15) is 0 Å². The van der Waals surface area contributed by atoms with E-state index in [1.54, 1.807) is 0 Å². The number of hydrogen-bond donors (Lipinski definition) is 1. The number of thiocarbonyl (C=S) groups is 1. The van der Waals surface area contributed by atoms with Crippen LogP contribution in [0, 0.1) is 0 Å². The van der Waals surface area contributed by atoms with E-state index in [0.717, 1.165) is 6.08 Å². The molecule has 0 spiro atoms. The van der Waals surface area contributed by atoms with E-state index >= 15 is 0 Å². The van der Waals surface area contributed by atoms with Crippen molar-refractivity contribution in [2.24, 2.45) is 0 Å². The number of carbonyl (C=O) groups is 2. The lowest BCUT2D eigenvalue weighted by molar-refractivity contribution is -0.131. The first kappa shape index (κ1) is 10.2. The van der Waals surface area contributed by atoms with Crippen LogP contribution < -0.4 is 0 Å². The van der Waals surface area contributed by atoms with Crippen LogP contribution in [0.5, 0.6) is 0 Å². The topological polar surface area (TPSA) is 57.6 Å². The average molecular weight is 217 g/mol. The average Bonchev–Trinajstić information content (AvgIpc) is 2.34. The van der Waals surface area contributed by atoms with Crippen molar-refractivity contribution in [1.29, 1.82) is 0 Å². The molecule has 0 atom stereocenters. The maximum absolute atomic E-state index is 11.1. The molecule has 4 nitrogen and oxygen atoms in total. The molecular weight excluding hydrogens is 210 g/mol. The molecule has 0 bridgehead atoms. The van der Waals surface area contributed by atoms with Gasteiger partial charge < -0.3 is 5.11 Å². The van der Waals surface area contributed by atoms with Crippen molar-refractivity contribution in [3.8, 4) is 0 Å². The summed E-state index contributed by atoms with van der Waals surface area (Å²) in [7, 11) is 0. The van der Waals surface area contributed by atoms with E-state index < -0.39 is 5.97 Å². The quantitative estimate of drug-likeness (QED) is 0.550. The van der Waals surface area contributed by atoms with Gasteiger partial charge in [-0.05, 0) is 0 Å². The Balaban J connectivity index is 2.49. The van der Waals surface area contributed by atoms with Crippen LogP contribution in [0.15, 0.2) is 12.2 Å². The molecule has 1 rings (SSSR count). The van der Waals surface area contributed by atoms with Crippen molar-refractivity contribution in [3.63, 3.8) is 0 Å². The van der Waals surface area contributed by atoms with Crippen LogP contribution in [0.2, 0.25) is 0 Å². The van der Waals surface area contributed by atoms with Gasteiger partial charge in [-0.3, -0.25) is 9.69 Å². The van der Waals surface area contributed by atoms with Crippen molar-refractivity contribution >= 4 is 40.2 Å². The van der Waals surface area contributed by atoms with Gasteiger partial charge in [-0.1, -0.05) is 30.1 Å². The molecule has 13 heavy (non-hydrogen) atoms. The fourth-order valence-electron chi connectivity index (χ4n) is 0.816. The van der Waals surface area contributed by atoms with Crippen LogP contribution in [0.3, 0.4) is 0 Å². The number of amides is 1. The lowest BCUT2D eigenvalue weighted by Crippen LogP contribution is -2.28. The van der Waals surface area contributed by atoms with Crippen LogP contribution in [0.25, 0.3) is 0 Å². The number of aliphatic carboxylic acids is 1. The third kappa shape index (κ3) is 2.82. The summed E-state index contributed by atoms with van der Waals surface area (Å²) in [6, 6.07) is 0. The Kier molecular flexibility index (Phi) is 3.44. The highest BCUT2D eigenvalue weighted by Gasteiger charge is 2.24. The zero-order valence-electron chi connectivity index (χ0n) is 6.60. The molecule has 0 aromatic heterocycles. The van der Waals surface area contributed by atoms with Gasteiger partial charge in [0.25, 0.3) is 0 Å². The van der Waals surface area contributed by atoms with Gasteiger partial charge >= 0.3 is 5.97 Å². The Morgan fingerprint density at radius 2 is 2.46 bits per heavy atom. The second kappa shape index (κ2) is 4.38. The third-order valence-corrected chi connectivity index (χ3v) is 2.82. The SMILES string of the molecule is O=C(O)C=CCN1C(=O)CSC1=S. The number of carboxylic acids is 1. The van der Waals surface area contributed by atoms with E-state index in [9.17, 15) is 9.59 Å². The fourth-order valence-corrected chi connectivity index (χ4v) is 1.90. The molecule has 0 radical (unpaired) electrons. The van der Waals surface area contributed by atoms with Gasteiger partial charge in [0, 0.05) is 12.6 Å². The minimum absolute atomic E-state index is 0.0648. The molecule has 1 N–H and O–H groups in total. The monoisotopic (exact) mass is 217 g/mol. The molecule has 1 aliphatic rings. The summed E-state index contributed by atoms with van der Waals surface area (Å²) in [5.41, 5.74) is 0. The molecule has 1 heterocycles. The van der Waals surface area contributed by atoms with Crippen LogP contribution >= 0.6 is 24.0 Å². The van der Waals surface area contributed by atoms with Crippen molar-refractivity contribution in [3.05, 3.63) is 12.2 Å². The Labute approximate surface area is 84.6 Å². The predicted octanol–water partition coefficient (Wildman–Crippen LogP) is 0.488. The maximum atomic E-state index is 11.1. The van der Waals surface area contributed by atoms with Crippen molar-refractivity contribution in [2.45, 2.75) is 0 Å². The van der Waals surface area contributed by atoms with Gasteiger partial charge in [0.1, 0.15) is 4.32 Å². The number of carbonyl (C=O) groups excluding carboxylic acids is 1. The largest absolute Gasteiger partial charge is 0.478 e. The first-order valence-electron chi connectivity index (χ1n) is 3.48. The van der Waals surface area contributed by atoms with Crippen molar-refractivity contribution < 1.29 is 14.7 Å². The lowest BCUT2D eigenvalue weighted by Gasteiger charge is -2.10. The highest BCUT2D eigenvalue weighted by molar-refractivity contribution is 8.23. The smallest absolute Gasteiger partial charge is 0.328 e. The Morgan fingerprint density at radius 1 is 1.77 bits per heavy atom. The summed E-state index contributed by atoms with van der Waals surface area (Å²) in [5, 5.41) is 8.29. The minimum atomic E-state index is -1.02. The second-order valence-corrected chi connectivity index (χ2v) is 3.91. The number of rotatable bonds is 3. The van der Waals surface area contributed by atoms with E-state index in [-0.39, 0.29) is 12.5 Å². The molecule has 70 valence electrons. The van der Waals surface area contributed by atoms with E-state index in [1.807, 2.05) is 0 Å². The maximum Gasteiger partial charge on any atom is 0.328 e. The van der Waals surface area contributed by atoms with Gasteiger partial charge in [0.05, 0.1) is 5.75 Å². The van der Waals surface area contributed by atoms with Gasteiger partial charge in [0.15, 0.2) is 0 Å². The highest BCUT2D eigenvalue weighted by atomic mass is 32.2. The molecule has 0 saturated carbocycles. The fraction of sp³-hybridized carbons (Fsp3) is 0.286. The highest BCUT2D eigenvalue weighted by Crippen LogP contribution is 2.18. The molecule has 0 aliphatic carbocycles. The molecular formula is C7H7NO3S2. The van der Waals surface area contributed by atoms with Crippen LogP contribution in [0.4, 0.5) is 0 Å². The summed E-state index contributed by atoms with van der Waals surface area (Å²) in [5.74, 6) is -0.727. The van der Waals surface area contributed by atoms with Gasteiger partial charge in [-0.15, -0.1) is 0 Å². The van der Waals surface area contributed by atoms with E-state index in [0.29, 0.717) is 10.1 Å². The van der Waals surface area contributed by atoms with Crippen LogP contribution in [-0.2, 0) is 9.59 Å². The van der Waals surface area contributed by atoms with Gasteiger partial charge in [-0.2, -0.15) is 0 Å². The van der Waals surface area contributed by atoms with Crippen molar-refractivity contribution in [1.82, 2.24) is 4.90 Å². The predicted molar refractivity (Wildman–Crippen MR) is 53.5 cm³/mol. The molecule has 1 amide bonds. The molecule has 1 saturated heterocycles. The minimum Gasteiger partial charge on any atom is -0.478 e. The summed E-state index contributed by atoms with van der Waals surface area (Å²) in [6.45, 7) is 0.247. The van der Waals surface area contributed by atoms with Gasteiger partial charge in [0.2, 0.25) is 5.91 Å². The third-order valence-electron chi connectivity index (χ3n) is 1.39. The molecule has 1 fully saturated rings. The summed E-state index contributed by atoms with van der Waals surface area (Å²) in [6.07, 6.45) is 2.40. The first-order valence-corrected chi connectivity index (χ1v) is 4.87. The van der Waals surface area contributed by atoms with E-state index in [2.05, 4.69) is 0 Å². The second-order valence-electron chi connectivity index (χ2n) is 2.30. The van der Waals surface area contributed by atoms with E-state index in [4.69, 9.17) is 17.3 Å². The van der Waals surface area contributed by atoms with Gasteiger partial charge in [-0.25, -0.2) is 4.79 Å². The van der Waals surface area contributed by atoms with Crippen molar-refractivity contribution in [2.75, 3.05) is 12.3 Å². The number of thioether (sulfide) groups is 1. The number of nitrogens with zero attached hydrogens (tertiary/aromatic N) is 1. The zero-order valence-corrected chi connectivity index (χ0v) is 8.23.